The van der Waals surface area contributed by atoms with Crippen LogP contribution in [0.3, 0.4) is 0 Å². The van der Waals surface area contributed by atoms with Gasteiger partial charge in [-0.25, -0.2) is 13.1 Å². The average molecular weight is 300 g/mol. The number of nitrogens with one attached hydrogen (secondary N) is 1. The van der Waals surface area contributed by atoms with Gasteiger partial charge in [0.15, 0.2) is 0 Å². The summed E-state index contributed by atoms with van der Waals surface area (Å²) in [6.45, 7) is 7.65. The molecule has 1 aromatic carbocycles. The Balaban J connectivity index is 3.26. The third kappa shape index (κ3) is 3.50. The highest BCUT2D eigenvalue weighted by molar-refractivity contribution is 7.89. The molecule has 1 atom stereocenters. The summed E-state index contributed by atoms with van der Waals surface area (Å²) < 4.78 is 32.8. The molecule has 0 saturated heterocycles. The van der Waals surface area contributed by atoms with Crippen molar-refractivity contribution in [3.8, 4) is 0 Å². The van der Waals surface area contributed by atoms with Crippen LogP contribution in [0.1, 0.15) is 30.0 Å². The Hall–Kier alpha value is -1.11. The number of benzene rings is 1. The minimum absolute atomic E-state index is 0.244. The monoisotopic (exact) mass is 300 g/mol. The van der Waals surface area contributed by atoms with Gasteiger partial charge in [0, 0.05) is 18.8 Å². The molecular formula is C14H24N2O3S. The number of sulfonamides is 1. The SMILES string of the molecule is CCC(COC)NS(=O)(=O)c1c(C)cc(C)c(N)c1C. The molecule has 0 spiro atoms. The molecule has 3 N–H and O–H groups in total. The fourth-order valence-corrected chi connectivity index (χ4v) is 4.10. The summed E-state index contributed by atoms with van der Waals surface area (Å²) in [6.07, 6.45) is 0.659. The molecule has 6 heteroatoms. The van der Waals surface area contributed by atoms with Crippen LogP contribution in [0, 0.1) is 20.8 Å². The molecule has 1 rings (SSSR count). The molecule has 0 aromatic heterocycles. The number of methoxy groups -OCH3 is 1. The summed E-state index contributed by atoms with van der Waals surface area (Å²) in [5, 5.41) is 0. The molecule has 0 saturated carbocycles. The van der Waals surface area contributed by atoms with Crippen molar-refractivity contribution in [2.75, 3.05) is 19.5 Å². The summed E-state index contributed by atoms with van der Waals surface area (Å²) in [5.41, 5.74) is 8.67. The van der Waals surface area contributed by atoms with Crippen molar-refractivity contribution in [1.82, 2.24) is 4.72 Å². The maximum absolute atomic E-state index is 12.6. The van der Waals surface area contributed by atoms with Crippen LogP contribution in [0.25, 0.3) is 0 Å². The van der Waals surface area contributed by atoms with Crippen LogP contribution < -0.4 is 10.5 Å². The summed E-state index contributed by atoms with van der Waals surface area (Å²) in [4.78, 5) is 0.273. The number of anilines is 1. The van der Waals surface area contributed by atoms with E-state index in [9.17, 15) is 8.42 Å². The Morgan fingerprint density at radius 3 is 2.40 bits per heavy atom. The van der Waals surface area contributed by atoms with Gasteiger partial charge < -0.3 is 10.5 Å². The second kappa shape index (κ2) is 6.56. The van der Waals surface area contributed by atoms with Gasteiger partial charge in [0.25, 0.3) is 0 Å². The number of ether oxygens (including phenoxy) is 1. The minimum Gasteiger partial charge on any atom is -0.398 e. The van der Waals surface area contributed by atoms with Gasteiger partial charge in [-0.2, -0.15) is 0 Å². The molecule has 0 bridgehead atoms. The van der Waals surface area contributed by atoms with E-state index in [0.29, 0.717) is 29.8 Å². The fourth-order valence-electron chi connectivity index (χ4n) is 2.31. The van der Waals surface area contributed by atoms with Crippen molar-refractivity contribution in [2.45, 2.75) is 45.1 Å². The molecule has 0 fully saturated rings. The van der Waals surface area contributed by atoms with Crippen LogP contribution >= 0.6 is 0 Å². The molecule has 0 heterocycles. The van der Waals surface area contributed by atoms with E-state index in [1.165, 1.54) is 0 Å². The Morgan fingerprint density at radius 1 is 1.30 bits per heavy atom. The van der Waals surface area contributed by atoms with E-state index >= 15 is 0 Å². The summed E-state index contributed by atoms with van der Waals surface area (Å²) in [7, 11) is -2.05. The van der Waals surface area contributed by atoms with E-state index in [4.69, 9.17) is 10.5 Å². The maximum atomic E-state index is 12.6. The molecule has 114 valence electrons. The van der Waals surface area contributed by atoms with Crippen molar-refractivity contribution in [3.05, 3.63) is 22.8 Å². The van der Waals surface area contributed by atoms with Crippen molar-refractivity contribution < 1.29 is 13.2 Å². The van der Waals surface area contributed by atoms with Crippen LogP contribution in [-0.2, 0) is 14.8 Å². The van der Waals surface area contributed by atoms with Gasteiger partial charge in [-0.15, -0.1) is 0 Å². The Morgan fingerprint density at radius 2 is 1.90 bits per heavy atom. The standard InChI is InChI=1S/C14H24N2O3S/c1-6-12(8-19-5)16-20(17,18)14-10(3)7-9(2)13(15)11(14)4/h7,12,16H,6,8,15H2,1-5H3. The molecule has 20 heavy (non-hydrogen) atoms. The van der Waals surface area contributed by atoms with Crippen molar-refractivity contribution in [3.63, 3.8) is 0 Å². The van der Waals surface area contributed by atoms with Gasteiger partial charge in [-0.05, 0) is 43.9 Å². The highest BCUT2D eigenvalue weighted by atomic mass is 32.2. The predicted octanol–water partition coefficient (Wildman–Crippen LogP) is 1.90. The van der Waals surface area contributed by atoms with Crippen molar-refractivity contribution in [2.24, 2.45) is 0 Å². The lowest BCUT2D eigenvalue weighted by atomic mass is 10.1. The molecule has 0 aliphatic carbocycles. The third-order valence-corrected chi connectivity index (χ3v) is 5.22. The lowest BCUT2D eigenvalue weighted by molar-refractivity contribution is 0.173. The predicted molar refractivity (Wildman–Crippen MR) is 81.3 cm³/mol. The highest BCUT2D eigenvalue weighted by Gasteiger charge is 2.24. The third-order valence-electron chi connectivity index (χ3n) is 3.41. The molecular weight excluding hydrogens is 276 g/mol. The first-order chi connectivity index (χ1) is 9.24. The largest absolute Gasteiger partial charge is 0.398 e. The van der Waals surface area contributed by atoms with Crippen molar-refractivity contribution in [1.29, 1.82) is 0 Å². The van der Waals surface area contributed by atoms with Gasteiger partial charge in [-0.1, -0.05) is 13.0 Å². The zero-order chi connectivity index (χ0) is 15.5. The minimum atomic E-state index is -3.60. The Labute approximate surface area is 121 Å². The number of hydrogen-bond donors (Lipinski definition) is 2. The molecule has 1 unspecified atom stereocenters. The van der Waals surface area contributed by atoms with E-state index in [1.807, 2.05) is 13.8 Å². The Kier molecular flexibility index (Phi) is 5.56. The van der Waals surface area contributed by atoms with E-state index < -0.39 is 10.0 Å². The van der Waals surface area contributed by atoms with E-state index in [1.54, 1.807) is 27.0 Å². The second-order valence-electron chi connectivity index (χ2n) is 5.06. The molecule has 0 amide bonds. The first-order valence-corrected chi connectivity index (χ1v) is 8.10. The summed E-state index contributed by atoms with van der Waals surface area (Å²) >= 11 is 0. The van der Waals surface area contributed by atoms with Crippen LogP contribution in [0.2, 0.25) is 0 Å². The highest BCUT2D eigenvalue weighted by Crippen LogP contribution is 2.28. The van der Waals surface area contributed by atoms with Crippen LogP contribution in [0.4, 0.5) is 5.69 Å². The molecule has 0 radical (unpaired) electrons. The van der Waals surface area contributed by atoms with Gasteiger partial charge in [-0.3, -0.25) is 0 Å². The second-order valence-corrected chi connectivity index (χ2v) is 6.71. The zero-order valence-corrected chi connectivity index (χ0v) is 13.6. The van der Waals surface area contributed by atoms with Gasteiger partial charge >= 0.3 is 0 Å². The maximum Gasteiger partial charge on any atom is 0.241 e. The average Bonchev–Trinajstić information content (AvgIpc) is 2.34. The first kappa shape index (κ1) is 16.9. The fraction of sp³-hybridized carbons (Fsp3) is 0.571. The number of hydrogen-bond acceptors (Lipinski definition) is 4. The van der Waals surface area contributed by atoms with Crippen LogP contribution in [0.15, 0.2) is 11.0 Å². The molecule has 0 aliphatic heterocycles. The molecule has 5 nitrogen and oxygen atoms in total. The van der Waals surface area contributed by atoms with Gasteiger partial charge in [0.1, 0.15) is 0 Å². The van der Waals surface area contributed by atoms with Gasteiger partial charge in [0.05, 0.1) is 11.5 Å². The number of nitrogens with two attached hydrogens (primary N) is 1. The van der Waals surface area contributed by atoms with Gasteiger partial charge in [0.2, 0.25) is 10.0 Å². The van der Waals surface area contributed by atoms with Crippen LogP contribution in [-0.4, -0.2) is 28.2 Å². The van der Waals surface area contributed by atoms with E-state index in [2.05, 4.69) is 4.72 Å². The quantitative estimate of drug-likeness (QED) is 0.786. The lowest BCUT2D eigenvalue weighted by Gasteiger charge is -2.20. The van der Waals surface area contributed by atoms with E-state index in [-0.39, 0.29) is 10.9 Å². The van der Waals surface area contributed by atoms with Crippen LogP contribution in [0.5, 0.6) is 0 Å². The number of aryl methyl sites for hydroxylation is 2. The topological polar surface area (TPSA) is 81.4 Å². The van der Waals surface area contributed by atoms with E-state index in [0.717, 1.165) is 5.56 Å². The number of rotatable bonds is 6. The molecule has 1 aromatic rings. The Bertz CT molecular complexity index is 583. The first-order valence-electron chi connectivity index (χ1n) is 6.62. The lowest BCUT2D eigenvalue weighted by Crippen LogP contribution is -2.38. The smallest absolute Gasteiger partial charge is 0.241 e. The summed E-state index contributed by atoms with van der Waals surface area (Å²) in [6, 6.07) is 1.56. The number of nitrogen functional groups attached to an aromatic ring is 1. The summed E-state index contributed by atoms with van der Waals surface area (Å²) in [5.74, 6) is 0. The van der Waals surface area contributed by atoms with Crippen molar-refractivity contribution >= 4 is 15.7 Å². The normalized spacial score (nSPS) is 13.4. The molecule has 0 aliphatic rings. The zero-order valence-electron chi connectivity index (χ0n) is 12.8.